The molecule has 1 aromatic carbocycles. The first-order chi connectivity index (χ1) is 10.5. The van der Waals surface area contributed by atoms with Gasteiger partial charge in [0.25, 0.3) is 0 Å². The summed E-state index contributed by atoms with van der Waals surface area (Å²) in [5.74, 6) is -1.16. The van der Waals surface area contributed by atoms with E-state index in [4.69, 9.17) is 0 Å². The molecule has 1 atom stereocenters. The molecule has 2 rings (SSSR count). The monoisotopic (exact) mass is 310 g/mol. The number of carbonyl (C=O) groups excluding carboxylic acids is 1. The molecule has 22 heavy (non-hydrogen) atoms. The van der Waals surface area contributed by atoms with Gasteiger partial charge in [-0.1, -0.05) is 26.7 Å². The smallest absolute Gasteiger partial charge is 0.224 e. The van der Waals surface area contributed by atoms with Gasteiger partial charge in [0.15, 0.2) is 11.6 Å². The maximum atomic E-state index is 14.2. The predicted molar refractivity (Wildman–Crippen MR) is 85.1 cm³/mol. The Morgan fingerprint density at radius 1 is 1.27 bits per heavy atom. The summed E-state index contributed by atoms with van der Waals surface area (Å²) in [5.41, 5.74) is 0.210. The van der Waals surface area contributed by atoms with Crippen LogP contribution in [0.2, 0.25) is 0 Å². The predicted octanol–water partition coefficient (Wildman–Crippen LogP) is 4.33. The van der Waals surface area contributed by atoms with Crippen molar-refractivity contribution in [3.8, 4) is 0 Å². The summed E-state index contributed by atoms with van der Waals surface area (Å²) in [7, 11) is 0. The number of rotatable bonds is 6. The lowest BCUT2D eigenvalue weighted by Crippen LogP contribution is -2.21. The molecule has 0 aromatic heterocycles. The highest BCUT2D eigenvalue weighted by atomic mass is 19.1. The number of nitrogens with zero attached hydrogens (tertiary/aromatic N) is 1. The summed E-state index contributed by atoms with van der Waals surface area (Å²) in [4.78, 5) is 13.6. The van der Waals surface area contributed by atoms with Crippen LogP contribution in [0.1, 0.15) is 46.0 Å². The second-order valence-corrected chi connectivity index (χ2v) is 6.13. The van der Waals surface area contributed by atoms with E-state index in [1.807, 2.05) is 6.92 Å². The zero-order chi connectivity index (χ0) is 16.1. The van der Waals surface area contributed by atoms with E-state index in [9.17, 15) is 13.6 Å². The number of hydrogen-bond donors (Lipinski definition) is 1. The van der Waals surface area contributed by atoms with Crippen molar-refractivity contribution < 1.29 is 13.6 Å². The molecule has 0 bridgehead atoms. The molecule has 0 aliphatic carbocycles. The minimum Gasteiger partial charge on any atom is -0.367 e. The van der Waals surface area contributed by atoms with Crippen molar-refractivity contribution in [3.05, 3.63) is 23.8 Å². The Hall–Kier alpha value is -1.65. The van der Waals surface area contributed by atoms with E-state index in [0.29, 0.717) is 19.5 Å². The van der Waals surface area contributed by atoms with Gasteiger partial charge in [-0.3, -0.25) is 4.79 Å². The Morgan fingerprint density at radius 2 is 1.86 bits per heavy atom. The molecule has 1 amide bonds. The standard InChI is InChI=1S/C17H24F2N2O/c1-3-6-12(2)9-16(22)20-13-10-14(18)17(15(19)11-13)21-7-4-5-8-21/h10-12H,3-9H2,1-2H3,(H,20,22). The van der Waals surface area contributed by atoms with Crippen molar-refractivity contribution in [2.24, 2.45) is 5.92 Å². The third-order valence-corrected chi connectivity index (χ3v) is 4.04. The number of amides is 1. The van der Waals surface area contributed by atoms with Gasteiger partial charge in [-0.15, -0.1) is 0 Å². The Labute approximate surface area is 130 Å². The van der Waals surface area contributed by atoms with Crippen LogP contribution in [0.25, 0.3) is 0 Å². The highest BCUT2D eigenvalue weighted by Crippen LogP contribution is 2.29. The largest absolute Gasteiger partial charge is 0.367 e. The first-order valence-electron chi connectivity index (χ1n) is 8.05. The summed E-state index contributed by atoms with van der Waals surface area (Å²) in [6, 6.07) is 2.41. The number of anilines is 2. The summed E-state index contributed by atoms with van der Waals surface area (Å²) >= 11 is 0. The lowest BCUT2D eigenvalue weighted by Gasteiger charge is -2.20. The van der Waals surface area contributed by atoms with Gasteiger partial charge in [-0.2, -0.15) is 0 Å². The summed E-state index contributed by atoms with van der Waals surface area (Å²) in [6.07, 6.45) is 4.25. The van der Waals surface area contributed by atoms with E-state index < -0.39 is 11.6 Å². The average molecular weight is 310 g/mol. The van der Waals surface area contributed by atoms with Crippen LogP contribution < -0.4 is 10.2 Å². The summed E-state index contributed by atoms with van der Waals surface area (Å²) < 4.78 is 28.3. The van der Waals surface area contributed by atoms with Crippen molar-refractivity contribution in [1.29, 1.82) is 0 Å². The second-order valence-electron chi connectivity index (χ2n) is 6.13. The molecule has 5 heteroatoms. The second kappa shape index (κ2) is 7.56. The zero-order valence-electron chi connectivity index (χ0n) is 13.3. The fraction of sp³-hybridized carbons (Fsp3) is 0.588. The van der Waals surface area contributed by atoms with Crippen molar-refractivity contribution >= 4 is 17.3 Å². The highest BCUT2D eigenvalue weighted by molar-refractivity contribution is 5.91. The van der Waals surface area contributed by atoms with Gasteiger partial charge in [0.2, 0.25) is 5.91 Å². The normalized spacial score (nSPS) is 15.9. The lowest BCUT2D eigenvalue weighted by molar-refractivity contribution is -0.117. The Balaban J connectivity index is 2.05. The van der Waals surface area contributed by atoms with E-state index in [2.05, 4.69) is 12.2 Å². The maximum absolute atomic E-state index is 14.2. The number of hydrogen-bond acceptors (Lipinski definition) is 2. The summed E-state index contributed by atoms with van der Waals surface area (Å²) in [5, 5.41) is 2.59. The molecule has 1 aromatic rings. The third-order valence-electron chi connectivity index (χ3n) is 4.04. The first kappa shape index (κ1) is 16.7. The van der Waals surface area contributed by atoms with E-state index >= 15 is 0 Å². The van der Waals surface area contributed by atoms with Crippen LogP contribution in [0.15, 0.2) is 12.1 Å². The van der Waals surface area contributed by atoms with E-state index in [0.717, 1.165) is 25.7 Å². The third kappa shape index (κ3) is 4.18. The average Bonchev–Trinajstić information content (AvgIpc) is 2.91. The van der Waals surface area contributed by atoms with Crippen LogP contribution in [0.3, 0.4) is 0 Å². The van der Waals surface area contributed by atoms with Gasteiger partial charge in [0, 0.05) is 25.2 Å². The molecule has 1 N–H and O–H groups in total. The molecular formula is C17H24F2N2O. The van der Waals surface area contributed by atoms with Crippen molar-refractivity contribution in [3.63, 3.8) is 0 Å². The molecule has 3 nitrogen and oxygen atoms in total. The molecule has 1 aliphatic heterocycles. The van der Waals surface area contributed by atoms with Crippen LogP contribution in [-0.2, 0) is 4.79 Å². The molecule has 1 aliphatic rings. The first-order valence-corrected chi connectivity index (χ1v) is 8.05. The SMILES string of the molecule is CCCC(C)CC(=O)Nc1cc(F)c(N2CCCC2)c(F)c1. The minimum absolute atomic E-state index is 0.0230. The number of halogens is 2. The maximum Gasteiger partial charge on any atom is 0.224 e. The number of nitrogens with one attached hydrogen (secondary N) is 1. The van der Waals surface area contributed by atoms with Gasteiger partial charge in [-0.05, 0) is 30.9 Å². The Morgan fingerprint density at radius 3 is 2.41 bits per heavy atom. The molecule has 1 fully saturated rings. The van der Waals surface area contributed by atoms with E-state index in [-0.39, 0.29) is 23.2 Å². The van der Waals surface area contributed by atoms with Crippen molar-refractivity contribution in [2.45, 2.75) is 46.0 Å². The van der Waals surface area contributed by atoms with Crippen LogP contribution in [0, 0.1) is 17.6 Å². The fourth-order valence-corrected chi connectivity index (χ4v) is 3.00. The minimum atomic E-state index is -0.612. The fourth-order valence-electron chi connectivity index (χ4n) is 3.00. The molecule has 122 valence electrons. The van der Waals surface area contributed by atoms with Gasteiger partial charge >= 0.3 is 0 Å². The molecule has 1 unspecified atom stereocenters. The van der Waals surface area contributed by atoms with Gasteiger partial charge in [0.05, 0.1) is 0 Å². The lowest BCUT2D eigenvalue weighted by atomic mass is 10.0. The molecule has 1 heterocycles. The van der Waals surface area contributed by atoms with Gasteiger partial charge < -0.3 is 10.2 Å². The van der Waals surface area contributed by atoms with E-state index in [1.54, 1.807) is 4.90 Å². The molecular weight excluding hydrogens is 286 g/mol. The number of benzene rings is 1. The highest BCUT2D eigenvalue weighted by Gasteiger charge is 2.21. The van der Waals surface area contributed by atoms with Crippen molar-refractivity contribution in [1.82, 2.24) is 0 Å². The van der Waals surface area contributed by atoms with Crippen LogP contribution in [0.4, 0.5) is 20.2 Å². The quantitative estimate of drug-likeness (QED) is 0.848. The molecule has 0 radical (unpaired) electrons. The molecule has 1 saturated heterocycles. The summed E-state index contributed by atoms with van der Waals surface area (Å²) in [6.45, 7) is 5.42. The zero-order valence-corrected chi connectivity index (χ0v) is 13.3. The van der Waals surface area contributed by atoms with Crippen LogP contribution in [0.5, 0.6) is 0 Å². The van der Waals surface area contributed by atoms with Crippen LogP contribution >= 0.6 is 0 Å². The topological polar surface area (TPSA) is 32.3 Å². The molecule has 0 spiro atoms. The van der Waals surface area contributed by atoms with Gasteiger partial charge in [-0.25, -0.2) is 8.78 Å². The van der Waals surface area contributed by atoms with Crippen molar-refractivity contribution in [2.75, 3.05) is 23.3 Å². The van der Waals surface area contributed by atoms with Gasteiger partial charge in [0.1, 0.15) is 5.69 Å². The number of carbonyl (C=O) groups is 1. The van der Waals surface area contributed by atoms with Crippen LogP contribution in [-0.4, -0.2) is 19.0 Å². The molecule has 0 saturated carbocycles. The van der Waals surface area contributed by atoms with E-state index in [1.165, 1.54) is 12.1 Å². The Bertz CT molecular complexity index is 504. The Kier molecular flexibility index (Phi) is 5.75.